The van der Waals surface area contributed by atoms with Crippen LogP contribution < -0.4 is 0 Å². The van der Waals surface area contributed by atoms with Crippen LogP contribution in [0.15, 0.2) is 46.6 Å². The molecule has 0 saturated heterocycles. The summed E-state index contributed by atoms with van der Waals surface area (Å²) in [6.07, 6.45) is 0. The number of aromatic amines is 1. The van der Waals surface area contributed by atoms with Gasteiger partial charge in [-0.25, -0.2) is 0 Å². The van der Waals surface area contributed by atoms with Crippen molar-refractivity contribution in [3.8, 4) is 5.88 Å². The molecule has 0 atom stereocenters. The van der Waals surface area contributed by atoms with Gasteiger partial charge in [0.25, 0.3) is 5.69 Å². The molecule has 138 valence electrons. The molecule has 2 aromatic carbocycles. The van der Waals surface area contributed by atoms with Crippen LogP contribution in [0, 0.1) is 20.2 Å². The Morgan fingerprint density at radius 3 is 2.41 bits per heavy atom. The summed E-state index contributed by atoms with van der Waals surface area (Å²) in [5, 5.41) is 40.5. The van der Waals surface area contributed by atoms with Crippen molar-refractivity contribution < 1.29 is 15.0 Å². The molecule has 0 bridgehead atoms. The Kier molecular flexibility index (Phi) is 4.55. The lowest BCUT2D eigenvalue weighted by molar-refractivity contribution is -0.393. The van der Waals surface area contributed by atoms with Gasteiger partial charge in [0.05, 0.1) is 21.4 Å². The number of rotatable bonds is 5. The maximum Gasteiger partial charge on any atom is 0.303 e. The first-order chi connectivity index (χ1) is 12.8. The van der Waals surface area contributed by atoms with E-state index < -0.39 is 21.2 Å². The number of nitrogens with one attached hydrogen (secondary N) is 1. The Hall–Kier alpha value is -3.82. The van der Waals surface area contributed by atoms with E-state index in [0.717, 1.165) is 23.8 Å². The molecule has 0 amide bonds. The van der Waals surface area contributed by atoms with Crippen molar-refractivity contribution in [3.05, 3.63) is 62.2 Å². The summed E-state index contributed by atoms with van der Waals surface area (Å²) < 4.78 is 0. The molecule has 10 nitrogen and oxygen atoms in total. The van der Waals surface area contributed by atoms with E-state index in [4.69, 9.17) is 0 Å². The van der Waals surface area contributed by atoms with E-state index >= 15 is 0 Å². The van der Waals surface area contributed by atoms with Gasteiger partial charge in [0.1, 0.15) is 0 Å². The van der Waals surface area contributed by atoms with E-state index in [2.05, 4.69) is 15.2 Å². The zero-order chi connectivity index (χ0) is 19.7. The van der Waals surface area contributed by atoms with Crippen LogP contribution in [0.3, 0.4) is 0 Å². The zero-order valence-corrected chi connectivity index (χ0v) is 14.4. The van der Waals surface area contributed by atoms with Gasteiger partial charge >= 0.3 is 5.69 Å². The predicted octanol–water partition coefficient (Wildman–Crippen LogP) is 5.23. The van der Waals surface area contributed by atoms with Crippen molar-refractivity contribution in [1.82, 2.24) is 4.98 Å². The minimum atomic E-state index is -0.771. The molecule has 0 fully saturated rings. The predicted molar refractivity (Wildman–Crippen MR) is 98.0 cm³/mol. The fourth-order valence-electron chi connectivity index (χ4n) is 2.60. The van der Waals surface area contributed by atoms with Gasteiger partial charge in [0.15, 0.2) is 11.4 Å². The summed E-state index contributed by atoms with van der Waals surface area (Å²) in [5.41, 5.74) is 0.690. The van der Waals surface area contributed by atoms with Crippen LogP contribution in [0.5, 0.6) is 5.88 Å². The van der Waals surface area contributed by atoms with Crippen LogP contribution in [0.2, 0.25) is 0 Å². The number of fused-ring (bicyclic) bond motifs is 1. The molecule has 2 N–H and O–H groups in total. The standard InChI is InChI=1S/C17H15N5O5/c1-9(2)10-3-5-13-12(7-10)16(17(23)18-13)20-19-14-6-4-11(21(24)25)8-15(14)22(26)27/h3-9,18,23H,1-2H3. The van der Waals surface area contributed by atoms with Crippen LogP contribution in [-0.4, -0.2) is 19.9 Å². The second-order valence-corrected chi connectivity index (χ2v) is 6.17. The molecular weight excluding hydrogens is 354 g/mol. The number of nitro benzene ring substituents is 2. The number of nitro groups is 2. The first kappa shape index (κ1) is 18.0. The Morgan fingerprint density at radius 1 is 1.04 bits per heavy atom. The number of azo groups is 1. The second kappa shape index (κ2) is 6.83. The van der Waals surface area contributed by atoms with E-state index in [0.29, 0.717) is 10.9 Å². The van der Waals surface area contributed by atoms with Crippen molar-refractivity contribution >= 4 is 33.7 Å². The van der Waals surface area contributed by atoms with E-state index in [9.17, 15) is 25.3 Å². The van der Waals surface area contributed by atoms with Gasteiger partial charge in [-0.3, -0.25) is 20.2 Å². The Bertz CT molecular complexity index is 1090. The summed E-state index contributed by atoms with van der Waals surface area (Å²) in [7, 11) is 0. The third kappa shape index (κ3) is 3.45. The quantitative estimate of drug-likeness (QED) is 0.359. The van der Waals surface area contributed by atoms with Crippen molar-refractivity contribution in [2.45, 2.75) is 19.8 Å². The molecule has 0 saturated carbocycles. The lowest BCUT2D eigenvalue weighted by atomic mass is 10.0. The smallest absolute Gasteiger partial charge is 0.303 e. The average molecular weight is 369 g/mol. The maximum atomic E-state index is 11.2. The summed E-state index contributed by atoms with van der Waals surface area (Å²) in [5.74, 6) is 0.0335. The van der Waals surface area contributed by atoms with Crippen LogP contribution in [0.4, 0.5) is 22.7 Å². The molecule has 0 radical (unpaired) electrons. The topological polar surface area (TPSA) is 147 Å². The zero-order valence-electron chi connectivity index (χ0n) is 14.4. The summed E-state index contributed by atoms with van der Waals surface area (Å²) in [6.45, 7) is 4.05. The fourth-order valence-corrected chi connectivity index (χ4v) is 2.60. The summed E-state index contributed by atoms with van der Waals surface area (Å²) >= 11 is 0. The normalized spacial score (nSPS) is 11.5. The minimum absolute atomic E-state index is 0.139. The van der Waals surface area contributed by atoms with Gasteiger partial charge in [-0.2, -0.15) is 0 Å². The van der Waals surface area contributed by atoms with Crippen molar-refractivity contribution in [2.24, 2.45) is 10.2 Å². The van der Waals surface area contributed by atoms with Crippen LogP contribution in [0.25, 0.3) is 10.9 Å². The van der Waals surface area contributed by atoms with Gasteiger partial charge < -0.3 is 10.1 Å². The molecule has 1 heterocycles. The van der Waals surface area contributed by atoms with Crippen molar-refractivity contribution in [2.75, 3.05) is 0 Å². The molecule has 3 aromatic rings. The highest BCUT2D eigenvalue weighted by Crippen LogP contribution is 2.39. The average Bonchev–Trinajstić information content (AvgIpc) is 2.93. The highest BCUT2D eigenvalue weighted by molar-refractivity contribution is 5.94. The molecule has 0 aliphatic heterocycles. The first-order valence-electron chi connectivity index (χ1n) is 7.97. The Morgan fingerprint density at radius 2 is 1.78 bits per heavy atom. The molecule has 27 heavy (non-hydrogen) atoms. The molecule has 1 aromatic heterocycles. The lowest BCUT2D eigenvalue weighted by Gasteiger charge is -2.04. The van der Waals surface area contributed by atoms with Gasteiger partial charge in [-0.1, -0.05) is 19.9 Å². The number of H-pyrrole nitrogens is 1. The van der Waals surface area contributed by atoms with E-state index in [1.165, 1.54) is 0 Å². The highest BCUT2D eigenvalue weighted by Gasteiger charge is 2.20. The SMILES string of the molecule is CC(C)c1ccc2[nH]c(O)c(N=Nc3ccc([N+](=O)[O-])cc3[N+](=O)[O-])c2c1. The second-order valence-electron chi connectivity index (χ2n) is 6.17. The summed E-state index contributed by atoms with van der Waals surface area (Å²) in [4.78, 5) is 23.3. The number of aromatic hydroxyl groups is 1. The molecule has 0 aliphatic carbocycles. The number of hydrogen-bond donors (Lipinski definition) is 2. The van der Waals surface area contributed by atoms with Gasteiger partial charge in [0.2, 0.25) is 5.88 Å². The first-order valence-corrected chi connectivity index (χ1v) is 7.97. The molecule has 10 heteroatoms. The van der Waals surface area contributed by atoms with Gasteiger partial charge in [-0.15, -0.1) is 10.2 Å². The molecule has 0 aliphatic rings. The number of aromatic nitrogens is 1. The van der Waals surface area contributed by atoms with Gasteiger partial charge in [-0.05, 0) is 29.7 Å². The highest BCUT2D eigenvalue weighted by atomic mass is 16.6. The van der Waals surface area contributed by atoms with Gasteiger partial charge in [0, 0.05) is 11.5 Å². The number of hydrogen-bond acceptors (Lipinski definition) is 7. The fraction of sp³-hybridized carbons (Fsp3) is 0.176. The van der Waals surface area contributed by atoms with Crippen molar-refractivity contribution in [1.29, 1.82) is 0 Å². The monoisotopic (exact) mass is 369 g/mol. The molecule has 0 unspecified atom stereocenters. The molecule has 0 spiro atoms. The van der Waals surface area contributed by atoms with E-state index in [1.54, 1.807) is 6.07 Å². The van der Waals surface area contributed by atoms with E-state index in [1.807, 2.05) is 26.0 Å². The number of benzene rings is 2. The largest absolute Gasteiger partial charge is 0.493 e. The molecular formula is C17H15N5O5. The Balaban J connectivity index is 2.08. The number of nitrogens with zero attached hydrogens (tertiary/aromatic N) is 4. The van der Waals surface area contributed by atoms with Crippen LogP contribution in [0.1, 0.15) is 25.3 Å². The van der Waals surface area contributed by atoms with Crippen LogP contribution >= 0.6 is 0 Å². The van der Waals surface area contributed by atoms with E-state index in [-0.39, 0.29) is 23.2 Å². The lowest BCUT2D eigenvalue weighted by Crippen LogP contribution is -1.92. The maximum absolute atomic E-state index is 11.2. The summed E-state index contributed by atoms with van der Waals surface area (Å²) in [6, 6.07) is 8.65. The number of non-ortho nitro benzene ring substituents is 1. The third-order valence-electron chi connectivity index (χ3n) is 4.07. The van der Waals surface area contributed by atoms with Crippen molar-refractivity contribution in [3.63, 3.8) is 0 Å². The van der Waals surface area contributed by atoms with Crippen LogP contribution in [-0.2, 0) is 0 Å². The minimum Gasteiger partial charge on any atom is -0.493 e. The molecule has 3 rings (SSSR count). The Labute approximate surface area is 152 Å². The third-order valence-corrected chi connectivity index (χ3v) is 4.07.